The lowest BCUT2D eigenvalue weighted by atomic mass is 10.1. The van der Waals surface area contributed by atoms with Gasteiger partial charge in [-0.15, -0.1) is 0 Å². The molecule has 0 saturated heterocycles. The molecular formula is C18H14N6O2. The van der Waals surface area contributed by atoms with Crippen molar-refractivity contribution in [3.63, 3.8) is 0 Å². The third-order valence-electron chi connectivity index (χ3n) is 4.09. The molecule has 4 aromatic heterocycles. The number of hydrogen-bond acceptors (Lipinski definition) is 6. The normalized spacial score (nSPS) is 11.0. The van der Waals surface area contributed by atoms with Crippen LogP contribution >= 0.6 is 0 Å². The van der Waals surface area contributed by atoms with Crippen molar-refractivity contribution in [2.45, 2.75) is 0 Å². The topological polar surface area (TPSA) is 95.6 Å². The minimum absolute atomic E-state index is 0.106. The Bertz CT molecular complexity index is 1230. The van der Waals surface area contributed by atoms with Crippen LogP contribution in [0.15, 0.2) is 58.4 Å². The molecule has 0 aliphatic heterocycles. The quantitative estimate of drug-likeness (QED) is 0.540. The highest BCUT2D eigenvalue weighted by Gasteiger charge is 2.19. The van der Waals surface area contributed by atoms with Crippen molar-refractivity contribution in [3.05, 3.63) is 69.6 Å². The van der Waals surface area contributed by atoms with Crippen LogP contribution in [0.25, 0.3) is 33.9 Å². The smallest absolute Gasteiger partial charge is 0.279 e. The predicted molar refractivity (Wildman–Crippen MR) is 96.5 cm³/mol. The molecule has 8 heteroatoms. The monoisotopic (exact) mass is 346 g/mol. The van der Waals surface area contributed by atoms with Crippen LogP contribution in [0.2, 0.25) is 0 Å². The van der Waals surface area contributed by atoms with E-state index in [1.165, 1.54) is 11.6 Å². The second-order valence-corrected chi connectivity index (χ2v) is 5.73. The molecule has 0 aliphatic rings. The first-order valence-electron chi connectivity index (χ1n) is 7.88. The molecule has 128 valence electrons. The predicted octanol–water partition coefficient (Wildman–Crippen LogP) is 1.15. The number of aryl methyl sites for hydroxylation is 1. The summed E-state index contributed by atoms with van der Waals surface area (Å²) < 4.78 is 2.32. The van der Waals surface area contributed by atoms with Gasteiger partial charge in [-0.1, -0.05) is 12.1 Å². The van der Waals surface area contributed by atoms with E-state index in [9.17, 15) is 9.59 Å². The number of pyridine rings is 2. The maximum Gasteiger partial charge on any atom is 0.332 e. The average Bonchev–Trinajstić information content (AvgIpc) is 2.71. The largest absolute Gasteiger partial charge is 0.332 e. The molecule has 0 atom stereocenters. The summed E-state index contributed by atoms with van der Waals surface area (Å²) in [7, 11) is 2.97. The van der Waals surface area contributed by atoms with E-state index in [-0.39, 0.29) is 11.2 Å². The fraction of sp³-hybridized carbons (Fsp3) is 0.111. The summed E-state index contributed by atoms with van der Waals surface area (Å²) in [5.74, 6) is 0. The lowest BCUT2D eigenvalue weighted by molar-refractivity contribution is 0.704. The molecule has 0 spiro atoms. The zero-order chi connectivity index (χ0) is 18.3. The number of rotatable bonds is 2. The zero-order valence-electron chi connectivity index (χ0n) is 14.1. The Morgan fingerprint density at radius 2 is 1.35 bits per heavy atom. The summed E-state index contributed by atoms with van der Waals surface area (Å²) in [6.45, 7) is 0. The van der Waals surface area contributed by atoms with Crippen LogP contribution < -0.4 is 11.2 Å². The first-order valence-corrected chi connectivity index (χ1v) is 7.88. The van der Waals surface area contributed by atoms with Gasteiger partial charge in [-0.3, -0.25) is 23.9 Å². The summed E-state index contributed by atoms with van der Waals surface area (Å²) in [6.07, 6.45) is 3.29. The molecule has 8 nitrogen and oxygen atoms in total. The van der Waals surface area contributed by atoms with E-state index in [4.69, 9.17) is 0 Å². The fourth-order valence-corrected chi connectivity index (χ4v) is 2.73. The number of aromatic nitrogens is 6. The van der Waals surface area contributed by atoms with Crippen LogP contribution in [0.5, 0.6) is 0 Å². The molecule has 0 aromatic carbocycles. The zero-order valence-corrected chi connectivity index (χ0v) is 14.1. The van der Waals surface area contributed by atoms with E-state index in [1.54, 1.807) is 43.7 Å². The van der Waals surface area contributed by atoms with Crippen molar-refractivity contribution in [1.82, 2.24) is 29.1 Å². The first-order chi connectivity index (χ1) is 12.6. The Kier molecular flexibility index (Phi) is 3.65. The molecule has 0 saturated carbocycles. The lowest BCUT2D eigenvalue weighted by Gasteiger charge is -2.11. The highest BCUT2D eigenvalue weighted by molar-refractivity contribution is 5.82. The third kappa shape index (κ3) is 2.39. The number of hydrogen-bond donors (Lipinski definition) is 0. The van der Waals surface area contributed by atoms with Gasteiger partial charge in [0.2, 0.25) is 0 Å². The van der Waals surface area contributed by atoms with Crippen LogP contribution in [0.1, 0.15) is 0 Å². The Hall–Kier alpha value is -3.68. The molecule has 0 aliphatic carbocycles. The third-order valence-corrected chi connectivity index (χ3v) is 4.09. The van der Waals surface area contributed by atoms with Crippen LogP contribution in [0.4, 0.5) is 0 Å². The van der Waals surface area contributed by atoms with Crippen molar-refractivity contribution < 1.29 is 0 Å². The van der Waals surface area contributed by atoms with Crippen LogP contribution in [-0.4, -0.2) is 29.1 Å². The second kappa shape index (κ2) is 5.99. The summed E-state index contributed by atoms with van der Waals surface area (Å²) >= 11 is 0. The fourth-order valence-electron chi connectivity index (χ4n) is 2.73. The van der Waals surface area contributed by atoms with Gasteiger partial charge in [0, 0.05) is 26.5 Å². The van der Waals surface area contributed by atoms with E-state index in [0.29, 0.717) is 22.8 Å². The van der Waals surface area contributed by atoms with Crippen molar-refractivity contribution in [2.75, 3.05) is 0 Å². The maximum absolute atomic E-state index is 12.5. The van der Waals surface area contributed by atoms with Crippen LogP contribution in [0, 0.1) is 0 Å². The molecule has 26 heavy (non-hydrogen) atoms. The van der Waals surface area contributed by atoms with Crippen LogP contribution in [-0.2, 0) is 14.1 Å². The lowest BCUT2D eigenvalue weighted by Crippen LogP contribution is -2.37. The maximum atomic E-state index is 12.5. The SMILES string of the molecule is Cn1c(=O)c2nc(-c3ccccn3)c(-c3ccccn3)nc2n(C)c1=O. The highest BCUT2D eigenvalue weighted by Crippen LogP contribution is 2.27. The van der Waals surface area contributed by atoms with Gasteiger partial charge in [0.25, 0.3) is 5.56 Å². The molecule has 0 unspecified atom stereocenters. The summed E-state index contributed by atoms with van der Waals surface area (Å²) in [6, 6.07) is 10.8. The molecular weight excluding hydrogens is 332 g/mol. The molecule has 0 bridgehead atoms. The first kappa shape index (κ1) is 15.8. The summed E-state index contributed by atoms with van der Waals surface area (Å²) in [5.41, 5.74) is 1.39. The van der Waals surface area contributed by atoms with Crippen molar-refractivity contribution in [2.24, 2.45) is 14.1 Å². The molecule has 0 amide bonds. The molecule has 0 N–H and O–H groups in total. The van der Waals surface area contributed by atoms with Crippen molar-refractivity contribution in [1.29, 1.82) is 0 Å². The number of nitrogens with zero attached hydrogens (tertiary/aromatic N) is 6. The molecule has 4 heterocycles. The molecule has 4 aromatic rings. The van der Waals surface area contributed by atoms with E-state index in [1.807, 2.05) is 12.1 Å². The van der Waals surface area contributed by atoms with Gasteiger partial charge >= 0.3 is 5.69 Å². The van der Waals surface area contributed by atoms with Gasteiger partial charge in [-0.05, 0) is 24.3 Å². The van der Waals surface area contributed by atoms with Crippen LogP contribution in [0.3, 0.4) is 0 Å². The Morgan fingerprint density at radius 1 is 0.769 bits per heavy atom. The van der Waals surface area contributed by atoms with Crippen molar-refractivity contribution >= 4 is 11.2 Å². The van der Waals surface area contributed by atoms with E-state index >= 15 is 0 Å². The second-order valence-electron chi connectivity index (χ2n) is 5.73. The average molecular weight is 346 g/mol. The van der Waals surface area contributed by atoms with Gasteiger partial charge in [-0.2, -0.15) is 0 Å². The molecule has 0 fully saturated rings. The minimum Gasteiger partial charge on any atom is -0.279 e. The highest BCUT2D eigenvalue weighted by atomic mass is 16.2. The van der Waals surface area contributed by atoms with E-state index < -0.39 is 11.2 Å². The van der Waals surface area contributed by atoms with Gasteiger partial charge in [0.05, 0.1) is 11.4 Å². The van der Waals surface area contributed by atoms with Crippen molar-refractivity contribution in [3.8, 4) is 22.8 Å². The van der Waals surface area contributed by atoms with E-state index in [2.05, 4.69) is 19.9 Å². The number of fused-ring (bicyclic) bond motifs is 1. The van der Waals surface area contributed by atoms with E-state index in [0.717, 1.165) is 4.57 Å². The Labute approximate surface area is 147 Å². The van der Waals surface area contributed by atoms with Gasteiger partial charge in [0.1, 0.15) is 11.4 Å². The van der Waals surface area contributed by atoms with Gasteiger partial charge in [-0.25, -0.2) is 14.8 Å². The van der Waals surface area contributed by atoms with Gasteiger partial charge < -0.3 is 0 Å². The summed E-state index contributed by atoms with van der Waals surface area (Å²) in [4.78, 5) is 42.5. The Balaban J connectivity index is 2.18. The van der Waals surface area contributed by atoms with Gasteiger partial charge in [0.15, 0.2) is 11.2 Å². The Morgan fingerprint density at radius 3 is 1.88 bits per heavy atom. The summed E-state index contributed by atoms with van der Waals surface area (Å²) in [5, 5.41) is 0. The standard InChI is InChI=1S/C18H14N6O2/c1-23-16-15(17(25)24(2)18(23)26)21-13(11-7-3-5-9-19-11)14(22-16)12-8-4-6-10-20-12/h3-10H,1-2H3. The minimum atomic E-state index is -0.500. The molecule has 4 rings (SSSR count). The molecule has 0 radical (unpaired) electrons.